The second kappa shape index (κ2) is 5.52. The summed E-state index contributed by atoms with van der Waals surface area (Å²) in [6, 6.07) is 2.78. The minimum atomic E-state index is -0.0269. The van der Waals surface area contributed by atoms with Gasteiger partial charge >= 0.3 is 0 Å². The zero-order chi connectivity index (χ0) is 15.1. The van der Waals surface area contributed by atoms with E-state index in [1.165, 1.54) is 5.56 Å². The van der Waals surface area contributed by atoms with Crippen LogP contribution in [-0.4, -0.2) is 32.9 Å². The van der Waals surface area contributed by atoms with Gasteiger partial charge in [-0.05, 0) is 42.2 Å². The highest BCUT2D eigenvalue weighted by Gasteiger charge is 2.29. The third-order valence-corrected chi connectivity index (χ3v) is 5.20. The fourth-order valence-corrected chi connectivity index (χ4v) is 3.63. The summed E-state index contributed by atoms with van der Waals surface area (Å²) in [5.41, 5.74) is 1.91. The molecule has 0 unspecified atom stereocenters. The van der Waals surface area contributed by atoms with Crippen molar-refractivity contribution in [1.29, 1.82) is 0 Å². The molecule has 116 valence electrons. The number of thiophene rings is 1. The maximum atomic E-state index is 12.2. The topological polar surface area (TPSA) is 50.2 Å². The van der Waals surface area contributed by atoms with Gasteiger partial charge in [0.15, 0.2) is 0 Å². The molecule has 1 N–H and O–H groups in total. The van der Waals surface area contributed by atoms with Gasteiger partial charge in [0.1, 0.15) is 11.5 Å². The van der Waals surface area contributed by atoms with Crippen LogP contribution in [0.15, 0.2) is 23.0 Å². The predicted octanol–water partition coefficient (Wildman–Crippen LogP) is 2.41. The molecule has 3 heterocycles. The molecule has 2 aliphatic rings. The number of amides is 1. The monoisotopic (exact) mass is 316 g/mol. The van der Waals surface area contributed by atoms with Crippen LogP contribution in [0.3, 0.4) is 0 Å². The second-order valence-electron chi connectivity index (χ2n) is 6.20. The van der Waals surface area contributed by atoms with E-state index in [4.69, 9.17) is 0 Å². The lowest BCUT2D eigenvalue weighted by atomic mass is 10.2. The Hall–Kier alpha value is -1.66. The van der Waals surface area contributed by atoms with E-state index in [9.17, 15) is 4.79 Å². The number of hydrogen-bond donors (Lipinski definition) is 1. The number of rotatable bonds is 4. The summed E-state index contributed by atoms with van der Waals surface area (Å²) in [6.45, 7) is 5.01. The average Bonchev–Trinajstić information content (AvgIpc) is 3.02. The van der Waals surface area contributed by atoms with Gasteiger partial charge in [-0.25, -0.2) is 4.98 Å². The van der Waals surface area contributed by atoms with E-state index in [2.05, 4.69) is 43.5 Å². The van der Waals surface area contributed by atoms with Crippen molar-refractivity contribution >= 4 is 17.2 Å². The number of nitrogens with zero attached hydrogens (tertiary/aromatic N) is 3. The van der Waals surface area contributed by atoms with Gasteiger partial charge in [0.2, 0.25) is 0 Å². The molecule has 1 aliphatic heterocycles. The molecule has 5 nitrogen and oxygen atoms in total. The normalized spacial score (nSPS) is 21.6. The number of imidazole rings is 1. The number of carbonyl (C=O) groups is 1. The first kappa shape index (κ1) is 14.0. The first-order valence-electron chi connectivity index (χ1n) is 7.84. The van der Waals surface area contributed by atoms with Gasteiger partial charge in [-0.3, -0.25) is 9.69 Å². The maximum Gasteiger partial charge on any atom is 0.271 e. The summed E-state index contributed by atoms with van der Waals surface area (Å²) in [6.07, 6.45) is 4.11. The van der Waals surface area contributed by atoms with Crippen LogP contribution in [-0.2, 0) is 13.1 Å². The standard InChI is InChI=1S/C16H20N4OS/c1-11-15-18-14(16(21)17-13-2-3-13)9-20(15)6-5-19(11)8-12-4-7-22-10-12/h4,7,9-11,13H,2-3,5-6,8H2,1H3,(H,17,21)/t11-/m1/s1. The Bertz CT molecular complexity index is 674. The van der Waals surface area contributed by atoms with Crippen molar-refractivity contribution in [2.24, 2.45) is 0 Å². The SMILES string of the molecule is C[C@@H]1c2nc(C(=O)NC3CC3)cn2CCN1Cc1ccsc1. The Morgan fingerprint density at radius 3 is 3.05 bits per heavy atom. The maximum absolute atomic E-state index is 12.2. The van der Waals surface area contributed by atoms with Gasteiger partial charge in [-0.1, -0.05) is 0 Å². The molecule has 2 aromatic heterocycles. The van der Waals surface area contributed by atoms with Crippen LogP contribution < -0.4 is 5.32 Å². The Labute approximate surface area is 134 Å². The molecule has 0 saturated heterocycles. The number of nitrogens with one attached hydrogen (secondary N) is 1. The lowest BCUT2D eigenvalue weighted by Gasteiger charge is -2.33. The molecule has 1 saturated carbocycles. The minimum absolute atomic E-state index is 0.0269. The zero-order valence-corrected chi connectivity index (χ0v) is 13.5. The fourth-order valence-electron chi connectivity index (χ4n) is 2.97. The second-order valence-corrected chi connectivity index (χ2v) is 6.98. The van der Waals surface area contributed by atoms with E-state index in [-0.39, 0.29) is 11.9 Å². The van der Waals surface area contributed by atoms with Crippen molar-refractivity contribution in [3.63, 3.8) is 0 Å². The minimum Gasteiger partial charge on any atom is -0.348 e. The molecule has 1 amide bonds. The van der Waals surface area contributed by atoms with Gasteiger partial charge in [0.25, 0.3) is 5.91 Å². The van der Waals surface area contributed by atoms with Crippen molar-refractivity contribution in [2.45, 2.75) is 44.9 Å². The van der Waals surface area contributed by atoms with Gasteiger partial charge in [0, 0.05) is 31.9 Å². The molecule has 4 rings (SSSR count). The highest BCUT2D eigenvalue weighted by atomic mass is 32.1. The highest BCUT2D eigenvalue weighted by molar-refractivity contribution is 7.07. The summed E-state index contributed by atoms with van der Waals surface area (Å²) in [7, 11) is 0. The Balaban J connectivity index is 1.51. The highest BCUT2D eigenvalue weighted by Crippen LogP contribution is 2.27. The number of aromatic nitrogens is 2. The van der Waals surface area contributed by atoms with Gasteiger partial charge in [-0.15, -0.1) is 0 Å². The molecule has 22 heavy (non-hydrogen) atoms. The first-order chi connectivity index (χ1) is 10.7. The van der Waals surface area contributed by atoms with Crippen LogP contribution in [0.1, 0.15) is 47.7 Å². The molecule has 2 aromatic rings. The van der Waals surface area contributed by atoms with Crippen LogP contribution in [0.25, 0.3) is 0 Å². The van der Waals surface area contributed by atoms with Gasteiger partial charge in [-0.2, -0.15) is 11.3 Å². The molecule has 0 aromatic carbocycles. The van der Waals surface area contributed by atoms with Crippen LogP contribution in [0.4, 0.5) is 0 Å². The summed E-state index contributed by atoms with van der Waals surface area (Å²) < 4.78 is 2.14. The smallest absolute Gasteiger partial charge is 0.271 e. The molecule has 0 radical (unpaired) electrons. The largest absolute Gasteiger partial charge is 0.348 e. The van der Waals surface area contributed by atoms with Gasteiger partial charge < -0.3 is 9.88 Å². The van der Waals surface area contributed by atoms with Crippen LogP contribution in [0.2, 0.25) is 0 Å². The molecule has 1 aliphatic carbocycles. The van der Waals surface area contributed by atoms with Crippen molar-refractivity contribution in [1.82, 2.24) is 19.8 Å². The fraction of sp³-hybridized carbons (Fsp3) is 0.500. The Morgan fingerprint density at radius 1 is 1.45 bits per heavy atom. The van der Waals surface area contributed by atoms with Gasteiger partial charge in [0.05, 0.1) is 6.04 Å². The van der Waals surface area contributed by atoms with Crippen molar-refractivity contribution < 1.29 is 4.79 Å². The molecule has 0 bridgehead atoms. The third kappa shape index (κ3) is 2.68. The molecule has 6 heteroatoms. The number of fused-ring (bicyclic) bond motifs is 1. The molecular weight excluding hydrogens is 296 g/mol. The predicted molar refractivity (Wildman–Crippen MR) is 85.9 cm³/mol. The zero-order valence-electron chi connectivity index (χ0n) is 12.7. The van der Waals surface area contributed by atoms with E-state index in [1.54, 1.807) is 11.3 Å². The van der Waals surface area contributed by atoms with Crippen molar-refractivity contribution in [3.8, 4) is 0 Å². The Morgan fingerprint density at radius 2 is 2.32 bits per heavy atom. The van der Waals surface area contributed by atoms with E-state index >= 15 is 0 Å². The lowest BCUT2D eigenvalue weighted by molar-refractivity contribution is 0.0946. The van der Waals surface area contributed by atoms with E-state index in [0.29, 0.717) is 11.7 Å². The average molecular weight is 316 g/mol. The summed E-state index contributed by atoms with van der Waals surface area (Å²) in [5, 5.41) is 7.33. The number of hydrogen-bond acceptors (Lipinski definition) is 4. The summed E-state index contributed by atoms with van der Waals surface area (Å²) in [5.74, 6) is 0.975. The first-order valence-corrected chi connectivity index (χ1v) is 8.78. The Kier molecular flexibility index (Phi) is 3.50. The molecular formula is C16H20N4OS. The van der Waals surface area contributed by atoms with Crippen molar-refractivity contribution in [3.05, 3.63) is 40.1 Å². The van der Waals surface area contributed by atoms with Crippen LogP contribution >= 0.6 is 11.3 Å². The summed E-state index contributed by atoms with van der Waals surface area (Å²) >= 11 is 1.73. The van der Waals surface area contributed by atoms with E-state index in [0.717, 1.165) is 38.3 Å². The van der Waals surface area contributed by atoms with E-state index in [1.807, 2.05) is 6.20 Å². The molecule has 1 atom stereocenters. The van der Waals surface area contributed by atoms with Crippen LogP contribution in [0.5, 0.6) is 0 Å². The number of carbonyl (C=O) groups excluding carboxylic acids is 1. The third-order valence-electron chi connectivity index (χ3n) is 4.47. The quantitative estimate of drug-likeness (QED) is 0.942. The van der Waals surface area contributed by atoms with Crippen LogP contribution in [0, 0.1) is 0 Å². The molecule has 0 spiro atoms. The van der Waals surface area contributed by atoms with Crippen molar-refractivity contribution in [2.75, 3.05) is 6.54 Å². The molecule has 1 fully saturated rings. The van der Waals surface area contributed by atoms with E-state index < -0.39 is 0 Å². The lowest BCUT2D eigenvalue weighted by Crippen LogP contribution is -2.36. The summed E-state index contributed by atoms with van der Waals surface area (Å²) in [4.78, 5) is 19.2.